The summed E-state index contributed by atoms with van der Waals surface area (Å²) in [4.78, 5) is 20.6. The summed E-state index contributed by atoms with van der Waals surface area (Å²) in [5, 5.41) is 7.37. The molecule has 7 nitrogen and oxygen atoms in total. The fourth-order valence-corrected chi connectivity index (χ4v) is 4.34. The summed E-state index contributed by atoms with van der Waals surface area (Å²) in [6.07, 6.45) is 3.56. The van der Waals surface area contributed by atoms with Gasteiger partial charge in [0.1, 0.15) is 11.6 Å². The summed E-state index contributed by atoms with van der Waals surface area (Å²) in [7, 11) is 0. The smallest absolute Gasteiger partial charge is 0.355 e. The molecule has 0 radical (unpaired) electrons. The number of halogens is 3. The van der Waals surface area contributed by atoms with E-state index in [1.807, 2.05) is 15.6 Å². The van der Waals surface area contributed by atoms with Gasteiger partial charge in [0.2, 0.25) is 5.91 Å². The van der Waals surface area contributed by atoms with E-state index in [0.29, 0.717) is 31.5 Å². The van der Waals surface area contributed by atoms with Crippen LogP contribution in [0.15, 0.2) is 30.6 Å². The fourth-order valence-electron chi connectivity index (χ4n) is 4.34. The maximum absolute atomic E-state index is 12.7. The van der Waals surface area contributed by atoms with Crippen LogP contribution in [0.3, 0.4) is 0 Å². The molecule has 1 aliphatic carbocycles. The van der Waals surface area contributed by atoms with Crippen molar-refractivity contribution in [2.24, 2.45) is 0 Å². The van der Waals surface area contributed by atoms with Crippen LogP contribution in [-0.4, -0.2) is 58.3 Å². The lowest BCUT2D eigenvalue weighted by Gasteiger charge is -2.23. The first-order valence-electron chi connectivity index (χ1n) is 10.7. The Morgan fingerprint density at radius 2 is 1.87 bits per heavy atom. The zero-order valence-electron chi connectivity index (χ0n) is 17.3. The number of aromatic nitrogens is 3. The number of nitrogens with one attached hydrogen (secondary N) is 1. The molecule has 10 heteroatoms. The monoisotopic (exact) mass is 436 g/mol. The topological polar surface area (TPSA) is 66.3 Å². The van der Waals surface area contributed by atoms with E-state index in [4.69, 9.17) is 0 Å². The van der Waals surface area contributed by atoms with Crippen molar-refractivity contribution < 1.29 is 18.0 Å². The number of alkyl halides is 3. The van der Waals surface area contributed by atoms with Crippen LogP contribution < -0.4 is 10.2 Å². The normalized spacial score (nSPS) is 18.9. The zero-order valence-corrected chi connectivity index (χ0v) is 17.3. The maximum atomic E-state index is 12.7. The van der Waals surface area contributed by atoms with Crippen LogP contribution in [0.1, 0.15) is 43.7 Å². The molecule has 168 valence electrons. The van der Waals surface area contributed by atoms with Gasteiger partial charge < -0.3 is 10.2 Å². The molecular formula is C21H27F3N6O. The summed E-state index contributed by atoms with van der Waals surface area (Å²) >= 11 is 0. The highest BCUT2D eigenvalue weighted by molar-refractivity contribution is 5.91. The summed E-state index contributed by atoms with van der Waals surface area (Å²) in [5.74, 6) is 1.18. The van der Waals surface area contributed by atoms with Crippen molar-refractivity contribution in [3.05, 3.63) is 36.2 Å². The van der Waals surface area contributed by atoms with E-state index < -0.39 is 11.7 Å². The molecule has 1 N–H and O–H groups in total. The number of amides is 1. The lowest BCUT2D eigenvalue weighted by atomic mass is 10.2. The number of hydrogen-bond donors (Lipinski definition) is 1. The summed E-state index contributed by atoms with van der Waals surface area (Å²) in [5.41, 5.74) is -0.749. The van der Waals surface area contributed by atoms with Gasteiger partial charge in [-0.1, -0.05) is 12.8 Å². The van der Waals surface area contributed by atoms with E-state index in [-0.39, 0.29) is 12.5 Å². The number of rotatable bonds is 5. The maximum Gasteiger partial charge on any atom is 0.417 e. The van der Waals surface area contributed by atoms with E-state index in [0.717, 1.165) is 43.9 Å². The summed E-state index contributed by atoms with van der Waals surface area (Å²) < 4.78 is 40.2. The van der Waals surface area contributed by atoms with Gasteiger partial charge in [-0.3, -0.25) is 9.69 Å². The first-order chi connectivity index (χ1) is 14.9. The number of hydrogen-bond acceptors (Lipinski definition) is 5. The van der Waals surface area contributed by atoms with Crippen LogP contribution in [0.5, 0.6) is 0 Å². The van der Waals surface area contributed by atoms with Crippen LogP contribution >= 0.6 is 0 Å². The fraction of sp³-hybridized carbons (Fsp3) is 0.571. The van der Waals surface area contributed by atoms with Crippen molar-refractivity contribution in [3.8, 4) is 0 Å². The van der Waals surface area contributed by atoms with Crippen molar-refractivity contribution >= 4 is 17.5 Å². The average molecular weight is 436 g/mol. The summed E-state index contributed by atoms with van der Waals surface area (Å²) in [6.45, 7) is 2.94. The molecule has 4 rings (SSSR count). The Hall–Kier alpha value is -2.62. The van der Waals surface area contributed by atoms with Crippen LogP contribution in [-0.2, 0) is 11.0 Å². The Morgan fingerprint density at radius 1 is 1.06 bits per heavy atom. The molecule has 2 aromatic heterocycles. The Morgan fingerprint density at radius 3 is 2.58 bits per heavy atom. The Labute approximate surface area is 179 Å². The van der Waals surface area contributed by atoms with Crippen molar-refractivity contribution in [3.63, 3.8) is 0 Å². The third-order valence-corrected chi connectivity index (χ3v) is 5.96. The second kappa shape index (κ2) is 9.25. The van der Waals surface area contributed by atoms with Gasteiger partial charge in [0.05, 0.1) is 24.3 Å². The SMILES string of the molecule is O=C(CN1CCCN(c2ccc(C(F)(F)F)cn2)CC1)Nc1ccnn1C1CCCC1. The van der Waals surface area contributed by atoms with Crippen LogP contribution in [0, 0.1) is 0 Å². The van der Waals surface area contributed by atoms with E-state index in [9.17, 15) is 18.0 Å². The van der Waals surface area contributed by atoms with Gasteiger partial charge in [-0.05, 0) is 31.4 Å². The predicted molar refractivity (Wildman–Crippen MR) is 111 cm³/mol. The highest BCUT2D eigenvalue weighted by Crippen LogP contribution is 2.31. The molecule has 1 saturated carbocycles. The molecule has 0 atom stereocenters. The molecule has 3 heterocycles. The second-order valence-corrected chi connectivity index (χ2v) is 8.17. The quantitative estimate of drug-likeness (QED) is 0.777. The Bertz CT molecular complexity index is 876. The van der Waals surface area contributed by atoms with Crippen molar-refractivity contribution in [2.75, 3.05) is 42.9 Å². The first-order valence-corrected chi connectivity index (χ1v) is 10.7. The standard InChI is InChI=1S/C21H27F3N6O/c22-21(23,24)16-6-7-18(25-14-16)29-11-3-10-28(12-13-29)15-20(31)27-19-8-9-26-30(19)17-4-1-2-5-17/h6-9,14,17H,1-5,10-13,15H2,(H,27,31). The van der Waals surface area contributed by atoms with Crippen molar-refractivity contribution in [1.29, 1.82) is 0 Å². The lowest BCUT2D eigenvalue weighted by molar-refractivity contribution is -0.137. The molecule has 0 aromatic carbocycles. The van der Waals surface area contributed by atoms with Gasteiger partial charge >= 0.3 is 6.18 Å². The molecule has 0 bridgehead atoms. The predicted octanol–water partition coefficient (Wildman–Crippen LogP) is 3.56. The number of nitrogens with zero attached hydrogens (tertiary/aromatic N) is 5. The van der Waals surface area contributed by atoms with Gasteiger partial charge in [0, 0.05) is 38.4 Å². The number of pyridine rings is 1. The Balaban J connectivity index is 1.30. The van der Waals surface area contributed by atoms with E-state index >= 15 is 0 Å². The molecule has 2 aliphatic rings. The molecule has 1 aliphatic heterocycles. The van der Waals surface area contributed by atoms with E-state index in [2.05, 4.69) is 20.3 Å². The minimum atomic E-state index is -4.39. The van der Waals surface area contributed by atoms with E-state index in [1.54, 1.807) is 6.20 Å². The third-order valence-electron chi connectivity index (χ3n) is 5.96. The van der Waals surface area contributed by atoms with Crippen LogP contribution in [0.25, 0.3) is 0 Å². The van der Waals surface area contributed by atoms with Crippen LogP contribution in [0.2, 0.25) is 0 Å². The van der Waals surface area contributed by atoms with Gasteiger partial charge in [0.15, 0.2) is 0 Å². The molecule has 0 spiro atoms. The highest BCUT2D eigenvalue weighted by Gasteiger charge is 2.31. The highest BCUT2D eigenvalue weighted by atomic mass is 19.4. The Kier molecular flexibility index (Phi) is 6.45. The molecule has 2 fully saturated rings. The zero-order chi connectivity index (χ0) is 21.8. The first kappa shape index (κ1) is 21.6. The van der Waals surface area contributed by atoms with E-state index in [1.165, 1.54) is 18.9 Å². The summed E-state index contributed by atoms with van der Waals surface area (Å²) in [6, 6.07) is 4.66. The third kappa shape index (κ3) is 5.36. The van der Waals surface area contributed by atoms with Gasteiger partial charge in [0.25, 0.3) is 0 Å². The molecular weight excluding hydrogens is 409 g/mol. The minimum Gasteiger partial charge on any atom is -0.355 e. The van der Waals surface area contributed by atoms with Gasteiger partial charge in [-0.15, -0.1) is 0 Å². The lowest BCUT2D eigenvalue weighted by Crippen LogP contribution is -2.37. The number of anilines is 2. The molecule has 31 heavy (non-hydrogen) atoms. The number of carbonyl (C=O) groups excluding carboxylic acids is 1. The molecule has 1 saturated heterocycles. The largest absolute Gasteiger partial charge is 0.417 e. The van der Waals surface area contributed by atoms with Crippen LogP contribution in [0.4, 0.5) is 24.8 Å². The molecule has 0 unspecified atom stereocenters. The minimum absolute atomic E-state index is 0.0825. The number of carbonyl (C=O) groups is 1. The van der Waals surface area contributed by atoms with Crippen molar-refractivity contribution in [2.45, 2.75) is 44.3 Å². The van der Waals surface area contributed by atoms with Gasteiger partial charge in [-0.2, -0.15) is 18.3 Å². The van der Waals surface area contributed by atoms with Crippen molar-refractivity contribution in [1.82, 2.24) is 19.7 Å². The average Bonchev–Trinajstić information content (AvgIpc) is 3.36. The van der Waals surface area contributed by atoms with Gasteiger partial charge in [-0.25, -0.2) is 9.67 Å². The molecule has 2 aromatic rings. The second-order valence-electron chi connectivity index (χ2n) is 8.17. The molecule has 1 amide bonds.